The summed E-state index contributed by atoms with van der Waals surface area (Å²) in [6, 6.07) is 5.20. The van der Waals surface area contributed by atoms with Crippen LogP contribution < -0.4 is 14.8 Å². The van der Waals surface area contributed by atoms with E-state index in [0.29, 0.717) is 23.7 Å². The quantitative estimate of drug-likeness (QED) is 0.848. The van der Waals surface area contributed by atoms with Gasteiger partial charge < -0.3 is 14.8 Å². The number of nitrogens with zero attached hydrogens (tertiary/aromatic N) is 1. The number of hydrogen-bond donors (Lipinski definition) is 1. The smallest absolute Gasteiger partial charge is 0.153 e. The molecule has 114 valence electrons. The van der Waals surface area contributed by atoms with Gasteiger partial charge >= 0.3 is 0 Å². The van der Waals surface area contributed by atoms with E-state index in [1.807, 2.05) is 19.2 Å². The molecule has 1 N–H and O–H groups in total. The van der Waals surface area contributed by atoms with Gasteiger partial charge in [-0.15, -0.1) is 0 Å². The van der Waals surface area contributed by atoms with Crippen LogP contribution in [0, 0.1) is 5.92 Å². The number of nitrogens with one attached hydrogen (secondary N) is 1. The van der Waals surface area contributed by atoms with E-state index >= 15 is 0 Å². The number of carbonyl (C=O) groups is 1. The van der Waals surface area contributed by atoms with Crippen molar-refractivity contribution < 1.29 is 14.3 Å². The molecule has 0 fully saturated rings. The predicted octanol–water partition coefficient (Wildman–Crippen LogP) is 2.35. The third kappa shape index (κ3) is 2.50. The fraction of sp³-hybridized carbons (Fsp3) is 0.294. The van der Waals surface area contributed by atoms with Crippen LogP contribution in [-0.2, 0) is 0 Å². The first kappa shape index (κ1) is 14.4. The van der Waals surface area contributed by atoms with Gasteiger partial charge in [0.05, 0.1) is 12.7 Å². The van der Waals surface area contributed by atoms with Gasteiger partial charge in [-0.3, -0.25) is 9.79 Å². The van der Waals surface area contributed by atoms with Crippen molar-refractivity contribution in [2.75, 3.05) is 13.7 Å². The fourth-order valence-electron chi connectivity index (χ4n) is 2.76. The normalized spacial score (nSPS) is 25.2. The number of carbonyl (C=O) groups excluding carboxylic acids is 1. The number of aldehydes is 1. The van der Waals surface area contributed by atoms with Crippen molar-refractivity contribution in [2.45, 2.75) is 12.6 Å². The van der Waals surface area contributed by atoms with Crippen LogP contribution in [0.5, 0.6) is 11.5 Å². The molecule has 5 heteroatoms. The van der Waals surface area contributed by atoms with Crippen molar-refractivity contribution in [3.63, 3.8) is 0 Å². The number of dihydropyridines is 1. The number of allylic oxidation sites excluding steroid dienone is 1. The first-order valence-electron chi connectivity index (χ1n) is 7.11. The molecular formula is C17H18N2O3. The Morgan fingerprint density at radius 1 is 1.45 bits per heavy atom. The third-order valence-electron chi connectivity index (χ3n) is 4.04. The first-order chi connectivity index (χ1) is 10.7. The Bertz CT molecular complexity index is 678. The lowest BCUT2D eigenvalue weighted by Crippen LogP contribution is -2.42. The number of aliphatic imine (C=N–C) groups is 1. The monoisotopic (exact) mass is 298 g/mol. The Balaban J connectivity index is 1.75. The lowest BCUT2D eigenvalue weighted by atomic mass is 9.87. The summed E-state index contributed by atoms with van der Waals surface area (Å²) in [5, 5.41) is 3.25. The summed E-state index contributed by atoms with van der Waals surface area (Å²) in [7, 11) is 1.57. The van der Waals surface area contributed by atoms with Gasteiger partial charge in [-0.2, -0.15) is 0 Å². The van der Waals surface area contributed by atoms with E-state index in [1.165, 1.54) is 0 Å². The molecule has 2 heterocycles. The molecule has 1 aromatic carbocycles. The van der Waals surface area contributed by atoms with E-state index in [0.717, 1.165) is 11.9 Å². The van der Waals surface area contributed by atoms with Crippen molar-refractivity contribution in [3.05, 3.63) is 47.7 Å². The van der Waals surface area contributed by atoms with Crippen LogP contribution in [0.3, 0.4) is 0 Å². The zero-order valence-corrected chi connectivity index (χ0v) is 12.6. The van der Waals surface area contributed by atoms with Gasteiger partial charge in [0.1, 0.15) is 23.8 Å². The summed E-state index contributed by atoms with van der Waals surface area (Å²) in [5.74, 6) is 1.35. The molecule has 0 aliphatic carbocycles. The summed E-state index contributed by atoms with van der Waals surface area (Å²) < 4.78 is 11.0. The molecule has 3 rings (SSSR count). The van der Waals surface area contributed by atoms with E-state index < -0.39 is 0 Å². The van der Waals surface area contributed by atoms with E-state index in [9.17, 15) is 4.79 Å². The molecule has 0 aromatic heterocycles. The average Bonchev–Trinajstić information content (AvgIpc) is 2.94. The van der Waals surface area contributed by atoms with Crippen molar-refractivity contribution in [1.29, 1.82) is 0 Å². The number of ether oxygens (including phenoxy) is 2. The Hall–Kier alpha value is -2.56. The van der Waals surface area contributed by atoms with Gasteiger partial charge in [0.15, 0.2) is 6.29 Å². The second-order valence-corrected chi connectivity index (χ2v) is 5.46. The minimum atomic E-state index is -0.332. The van der Waals surface area contributed by atoms with Crippen molar-refractivity contribution in [1.82, 2.24) is 5.32 Å². The van der Waals surface area contributed by atoms with E-state index in [1.54, 1.807) is 31.5 Å². The van der Waals surface area contributed by atoms with Crippen LogP contribution >= 0.6 is 0 Å². The van der Waals surface area contributed by atoms with Gasteiger partial charge in [0, 0.05) is 12.1 Å². The summed E-state index contributed by atoms with van der Waals surface area (Å²) in [6.07, 6.45) is 8.54. The zero-order valence-electron chi connectivity index (χ0n) is 12.6. The molecule has 22 heavy (non-hydrogen) atoms. The molecule has 0 radical (unpaired) electrons. The van der Waals surface area contributed by atoms with Gasteiger partial charge in [-0.05, 0) is 43.0 Å². The van der Waals surface area contributed by atoms with Crippen LogP contribution in [0.1, 0.15) is 17.3 Å². The Morgan fingerprint density at radius 2 is 2.32 bits per heavy atom. The van der Waals surface area contributed by atoms with E-state index in [2.05, 4.69) is 16.4 Å². The Kier molecular flexibility index (Phi) is 3.71. The summed E-state index contributed by atoms with van der Waals surface area (Å²) in [5.41, 5.74) is 1.26. The topological polar surface area (TPSA) is 59.9 Å². The van der Waals surface area contributed by atoms with Gasteiger partial charge in [-0.1, -0.05) is 6.08 Å². The predicted molar refractivity (Wildman–Crippen MR) is 84.6 cm³/mol. The van der Waals surface area contributed by atoms with Crippen LogP contribution in [-0.4, -0.2) is 31.9 Å². The SMILES string of the molecule is COc1ccc(OCC2=CC=NC3(C)NC=CC23)c(C=O)c1. The van der Waals surface area contributed by atoms with Gasteiger partial charge in [0.2, 0.25) is 0 Å². The molecule has 2 aliphatic rings. The highest BCUT2D eigenvalue weighted by molar-refractivity contribution is 5.80. The summed E-state index contributed by atoms with van der Waals surface area (Å²) >= 11 is 0. The lowest BCUT2D eigenvalue weighted by Gasteiger charge is -2.32. The molecule has 2 unspecified atom stereocenters. The Morgan fingerprint density at radius 3 is 3.09 bits per heavy atom. The molecule has 1 aromatic rings. The molecule has 5 nitrogen and oxygen atoms in total. The van der Waals surface area contributed by atoms with Gasteiger partial charge in [0.25, 0.3) is 0 Å². The molecule has 0 spiro atoms. The van der Waals surface area contributed by atoms with Crippen molar-refractivity contribution in [3.8, 4) is 11.5 Å². The van der Waals surface area contributed by atoms with Crippen LogP contribution in [0.2, 0.25) is 0 Å². The number of hydrogen-bond acceptors (Lipinski definition) is 5. The standard InChI is InChI=1S/C17H18N2O3/c1-17-15(6-8-19-17)12(5-7-18-17)11-22-16-4-3-14(21-2)9-13(16)10-20/h3-10,15,19H,11H2,1-2H3. The molecule has 0 saturated heterocycles. The number of methoxy groups -OCH3 is 1. The maximum Gasteiger partial charge on any atom is 0.153 e. The van der Waals surface area contributed by atoms with Gasteiger partial charge in [-0.25, -0.2) is 0 Å². The number of benzene rings is 1. The lowest BCUT2D eigenvalue weighted by molar-refractivity contribution is 0.111. The van der Waals surface area contributed by atoms with Crippen LogP contribution in [0.4, 0.5) is 0 Å². The summed E-state index contributed by atoms with van der Waals surface area (Å²) in [6.45, 7) is 2.46. The highest BCUT2D eigenvalue weighted by atomic mass is 16.5. The van der Waals surface area contributed by atoms with Crippen molar-refractivity contribution >= 4 is 12.5 Å². The average molecular weight is 298 g/mol. The fourth-order valence-corrected chi connectivity index (χ4v) is 2.76. The highest BCUT2D eigenvalue weighted by Gasteiger charge is 2.38. The van der Waals surface area contributed by atoms with E-state index in [4.69, 9.17) is 9.47 Å². The number of rotatable bonds is 5. The van der Waals surface area contributed by atoms with Crippen LogP contribution in [0.15, 0.2) is 47.1 Å². The van der Waals surface area contributed by atoms with Crippen LogP contribution in [0.25, 0.3) is 0 Å². The highest BCUT2D eigenvalue weighted by Crippen LogP contribution is 2.34. The van der Waals surface area contributed by atoms with Crippen molar-refractivity contribution in [2.24, 2.45) is 10.9 Å². The minimum absolute atomic E-state index is 0.162. The second kappa shape index (κ2) is 5.67. The minimum Gasteiger partial charge on any atom is -0.497 e. The summed E-state index contributed by atoms with van der Waals surface area (Å²) in [4.78, 5) is 15.7. The second-order valence-electron chi connectivity index (χ2n) is 5.46. The molecule has 0 saturated carbocycles. The first-order valence-corrected chi connectivity index (χ1v) is 7.11. The third-order valence-corrected chi connectivity index (χ3v) is 4.04. The zero-order chi connectivity index (χ0) is 15.6. The number of fused-ring (bicyclic) bond motifs is 1. The molecular weight excluding hydrogens is 280 g/mol. The molecule has 2 atom stereocenters. The maximum absolute atomic E-state index is 11.2. The Labute approximate surface area is 129 Å². The molecule has 0 bridgehead atoms. The maximum atomic E-state index is 11.2. The van der Waals surface area contributed by atoms with E-state index in [-0.39, 0.29) is 11.6 Å². The molecule has 0 amide bonds. The molecule has 2 aliphatic heterocycles. The largest absolute Gasteiger partial charge is 0.497 e.